The number of rotatable bonds is 10. The zero-order chi connectivity index (χ0) is 24.5. The van der Waals surface area contributed by atoms with E-state index in [4.69, 9.17) is 0 Å². The third-order valence-corrected chi connectivity index (χ3v) is 5.14. The maximum absolute atomic E-state index is 12.8. The molecule has 0 spiro atoms. The molecule has 0 aliphatic carbocycles. The molecule has 0 unspecified atom stereocenters. The predicted octanol–water partition coefficient (Wildman–Crippen LogP) is 4.17. The summed E-state index contributed by atoms with van der Waals surface area (Å²) in [6.45, 7) is 3.11. The van der Waals surface area contributed by atoms with Gasteiger partial charge in [0.15, 0.2) is 11.6 Å². The van der Waals surface area contributed by atoms with Crippen molar-refractivity contribution in [1.29, 1.82) is 0 Å². The van der Waals surface area contributed by atoms with Gasteiger partial charge in [0.25, 0.3) is 0 Å². The standard InChI is InChI=1S/C27H27N3O4/c1-19(31)22-12-6-8-14-24(22)28-26(33)17-30(16-21-10-4-3-5-11-21)18-27(34)29-25-15-9-7-13-23(25)20(2)32/h3-15H,16-18H2,1-2H3,(H,28,33)(H,29,34). The Labute approximate surface area is 198 Å². The number of anilines is 2. The van der Waals surface area contributed by atoms with Crippen molar-refractivity contribution >= 4 is 34.8 Å². The highest BCUT2D eigenvalue weighted by Gasteiger charge is 2.18. The largest absolute Gasteiger partial charge is 0.324 e. The van der Waals surface area contributed by atoms with Crippen LogP contribution in [0.5, 0.6) is 0 Å². The molecule has 3 rings (SSSR count). The van der Waals surface area contributed by atoms with Crippen LogP contribution < -0.4 is 10.6 Å². The Hall–Kier alpha value is -4.10. The Kier molecular flexibility index (Phi) is 8.43. The van der Waals surface area contributed by atoms with E-state index >= 15 is 0 Å². The lowest BCUT2D eigenvalue weighted by Crippen LogP contribution is -2.38. The van der Waals surface area contributed by atoms with Crippen LogP contribution >= 0.6 is 0 Å². The molecule has 0 atom stereocenters. The van der Waals surface area contributed by atoms with Gasteiger partial charge in [0, 0.05) is 17.7 Å². The van der Waals surface area contributed by atoms with Gasteiger partial charge in [0.05, 0.1) is 24.5 Å². The van der Waals surface area contributed by atoms with E-state index in [1.165, 1.54) is 13.8 Å². The number of carbonyl (C=O) groups is 4. The quantitative estimate of drug-likeness (QED) is 0.446. The molecule has 0 heterocycles. The molecule has 0 fully saturated rings. The molecule has 174 valence electrons. The average Bonchev–Trinajstić information content (AvgIpc) is 2.80. The molecular weight excluding hydrogens is 430 g/mol. The second-order valence-electron chi connectivity index (χ2n) is 7.93. The fourth-order valence-electron chi connectivity index (χ4n) is 3.59. The summed E-state index contributed by atoms with van der Waals surface area (Å²) < 4.78 is 0. The Morgan fingerprint density at radius 1 is 0.618 bits per heavy atom. The molecule has 2 amide bonds. The first kappa shape index (κ1) is 24.5. The number of nitrogens with zero attached hydrogens (tertiary/aromatic N) is 1. The Balaban J connectivity index is 1.74. The molecule has 3 aromatic rings. The number of hydrogen-bond donors (Lipinski definition) is 2. The highest BCUT2D eigenvalue weighted by molar-refractivity contribution is 6.05. The van der Waals surface area contributed by atoms with Crippen LogP contribution in [0.2, 0.25) is 0 Å². The normalized spacial score (nSPS) is 10.6. The van der Waals surface area contributed by atoms with Crippen molar-refractivity contribution in [3.8, 4) is 0 Å². The lowest BCUT2D eigenvalue weighted by molar-refractivity contribution is -0.120. The van der Waals surface area contributed by atoms with E-state index in [1.807, 2.05) is 30.3 Å². The summed E-state index contributed by atoms with van der Waals surface area (Å²) in [5, 5.41) is 5.55. The summed E-state index contributed by atoms with van der Waals surface area (Å²) in [5.74, 6) is -0.996. The van der Waals surface area contributed by atoms with E-state index in [1.54, 1.807) is 53.4 Å². The van der Waals surface area contributed by atoms with Crippen LogP contribution in [-0.2, 0) is 16.1 Å². The molecule has 0 bridgehead atoms. The van der Waals surface area contributed by atoms with Crippen molar-refractivity contribution in [1.82, 2.24) is 4.90 Å². The van der Waals surface area contributed by atoms with Crippen LogP contribution in [0.4, 0.5) is 11.4 Å². The predicted molar refractivity (Wildman–Crippen MR) is 132 cm³/mol. The zero-order valence-corrected chi connectivity index (χ0v) is 19.2. The van der Waals surface area contributed by atoms with Gasteiger partial charge in [-0.15, -0.1) is 0 Å². The van der Waals surface area contributed by atoms with E-state index in [0.29, 0.717) is 29.0 Å². The maximum Gasteiger partial charge on any atom is 0.238 e. The van der Waals surface area contributed by atoms with E-state index in [2.05, 4.69) is 10.6 Å². The molecular formula is C27H27N3O4. The second-order valence-corrected chi connectivity index (χ2v) is 7.93. The van der Waals surface area contributed by atoms with E-state index in [0.717, 1.165) is 5.56 Å². The smallest absolute Gasteiger partial charge is 0.238 e. The van der Waals surface area contributed by atoms with Crippen LogP contribution in [0.25, 0.3) is 0 Å². The molecule has 7 nitrogen and oxygen atoms in total. The van der Waals surface area contributed by atoms with Crippen molar-refractivity contribution in [3.05, 3.63) is 95.6 Å². The molecule has 0 saturated heterocycles. The van der Waals surface area contributed by atoms with Crippen LogP contribution in [0, 0.1) is 0 Å². The number of hydrogen-bond acceptors (Lipinski definition) is 5. The lowest BCUT2D eigenvalue weighted by atomic mass is 10.1. The number of para-hydroxylation sites is 2. The highest BCUT2D eigenvalue weighted by atomic mass is 16.2. The molecule has 0 saturated carbocycles. The zero-order valence-electron chi connectivity index (χ0n) is 19.2. The van der Waals surface area contributed by atoms with Crippen LogP contribution in [-0.4, -0.2) is 41.4 Å². The minimum atomic E-state index is -0.346. The Morgan fingerprint density at radius 3 is 1.47 bits per heavy atom. The number of carbonyl (C=O) groups excluding carboxylic acids is 4. The fourth-order valence-corrected chi connectivity index (χ4v) is 3.59. The first-order chi connectivity index (χ1) is 16.3. The first-order valence-electron chi connectivity index (χ1n) is 10.9. The van der Waals surface area contributed by atoms with Crippen LogP contribution in [0.1, 0.15) is 40.1 Å². The number of benzene rings is 3. The molecule has 0 aromatic heterocycles. The van der Waals surface area contributed by atoms with Crippen molar-refractivity contribution in [2.75, 3.05) is 23.7 Å². The van der Waals surface area contributed by atoms with Gasteiger partial charge in [-0.25, -0.2) is 0 Å². The Morgan fingerprint density at radius 2 is 1.03 bits per heavy atom. The summed E-state index contributed by atoms with van der Waals surface area (Å²) in [6, 6.07) is 23.1. The number of amides is 2. The number of ketones is 2. The summed E-state index contributed by atoms with van der Waals surface area (Å²) in [7, 11) is 0. The second kappa shape index (κ2) is 11.7. The summed E-state index contributed by atoms with van der Waals surface area (Å²) >= 11 is 0. The number of Topliss-reactive ketones (excluding diaryl/α,β-unsaturated/α-hetero) is 2. The molecule has 3 aromatic carbocycles. The van der Waals surface area contributed by atoms with Gasteiger partial charge in [-0.3, -0.25) is 24.1 Å². The molecule has 7 heteroatoms. The van der Waals surface area contributed by atoms with Gasteiger partial charge in [0.2, 0.25) is 11.8 Å². The van der Waals surface area contributed by atoms with Crippen molar-refractivity contribution in [3.63, 3.8) is 0 Å². The van der Waals surface area contributed by atoms with Crippen LogP contribution in [0.15, 0.2) is 78.9 Å². The third-order valence-electron chi connectivity index (χ3n) is 5.14. The number of nitrogens with one attached hydrogen (secondary N) is 2. The minimum absolute atomic E-state index is 0.0666. The van der Waals surface area contributed by atoms with Crippen molar-refractivity contribution < 1.29 is 19.2 Å². The average molecular weight is 458 g/mol. The SMILES string of the molecule is CC(=O)c1ccccc1NC(=O)CN(CC(=O)Nc1ccccc1C(C)=O)Cc1ccccc1. The van der Waals surface area contributed by atoms with Gasteiger partial charge >= 0.3 is 0 Å². The highest BCUT2D eigenvalue weighted by Crippen LogP contribution is 2.17. The van der Waals surface area contributed by atoms with E-state index in [9.17, 15) is 19.2 Å². The van der Waals surface area contributed by atoms with E-state index < -0.39 is 0 Å². The van der Waals surface area contributed by atoms with Gasteiger partial charge in [-0.1, -0.05) is 54.6 Å². The van der Waals surface area contributed by atoms with Gasteiger partial charge in [0.1, 0.15) is 0 Å². The maximum atomic E-state index is 12.8. The monoisotopic (exact) mass is 457 g/mol. The van der Waals surface area contributed by atoms with Crippen molar-refractivity contribution in [2.45, 2.75) is 20.4 Å². The van der Waals surface area contributed by atoms with E-state index in [-0.39, 0.29) is 36.5 Å². The third kappa shape index (κ3) is 6.95. The van der Waals surface area contributed by atoms with Gasteiger partial charge in [-0.2, -0.15) is 0 Å². The van der Waals surface area contributed by atoms with Gasteiger partial charge < -0.3 is 10.6 Å². The minimum Gasteiger partial charge on any atom is -0.324 e. The van der Waals surface area contributed by atoms with Crippen LogP contribution in [0.3, 0.4) is 0 Å². The lowest BCUT2D eigenvalue weighted by Gasteiger charge is -2.22. The molecule has 2 N–H and O–H groups in total. The Bertz CT molecular complexity index is 1120. The summed E-state index contributed by atoms with van der Waals surface area (Å²) in [6.07, 6.45) is 0. The van der Waals surface area contributed by atoms with Crippen molar-refractivity contribution in [2.24, 2.45) is 0 Å². The topological polar surface area (TPSA) is 95.6 Å². The van der Waals surface area contributed by atoms with Gasteiger partial charge in [-0.05, 0) is 43.7 Å². The fraction of sp³-hybridized carbons (Fsp3) is 0.185. The molecule has 34 heavy (non-hydrogen) atoms. The molecule has 0 aliphatic rings. The molecule has 0 radical (unpaired) electrons. The first-order valence-corrected chi connectivity index (χ1v) is 10.9. The summed E-state index contributed by atoms with van der Waals surface area (Å²) in [5.41, 5.74) is 2.64. The molecule has 0 aliphatic heterocycles. The summed E-state index contributed by atoms with van der Waals surface area (Å²) in [4.78, 5) is 51.1.